The number of rotatable bonds is 4. The second-order valence-corrected chi connectivity index (χ2v) is 4.11. The highest BCUT2D eigenvalue weighted by atomic mass is 16.5. The monoisotopic (exact) mass is 288 g/mol. The number of hydrogen-bond acceptors (Lipinski definition) is 4. The highest BCUT2D eigenvalue weighted by molar-refractivity contribution is 6.07. The molecule has 0 aliphatic rings. The first-order chi connectivity index (χ1) is 10.0. The molecule has 0 fully saturated rings. The van der Waals surface area contributed by atoms with Crippen LogP contribution in [-0.2, 0) is 0 Å². The fourth-order valence-electron chi connectivity index (χ4n) is 1.72. The number of nitrogens with one attached hydrogen (secondary N) is 2. The van der Waals surface area contributed by atoms with Crippen LogP contribution in [0.1, 0.15) is 20.7 Å². The Morgan fingerprint density at radius 1 is 1.24 bits per heavy atom. The normalized spacial score (nSPS) is 9.95. The molecule has 1 aromatic carbocycles. The number of aromatic carboxylic acids is 1. The number of benzene rings is 1. The van der Waals surface area contributed by atoms with Crippen LogP contribution >= 0.6 is 0 Å². The molecule has 0 spiro atoms. The number of carbonyl (C=O) groups excluding carboxylic acids is 1. The minimum Gasteiger partial charge on any atom is -0.497 e. The van der Waals surface area contributed by atoms with Gasteiger partial charge in [0.05, 0.1) is 18.4 Å². The van der Waals surface area contributed by atoms with E-state index in [4.69, 9.17) is 9.84 Å². The highest BCUT2D eigenvalue weighted by Crippen LogP contribution is 2.23. The molecular formula is C14H12N2O5. The molecule has 7 nitrogen and oxygen atoms in total. The lowest BCUT2D eigenvalue weighted by Crippen LogP contribution is -2.17. The first-order valence-electron chi connectivity index (χ1n) is 5.92. The topological polar surface area (TPSA) is 108 Å². The van der Waals surface area contributed by atoms with Gasteiger partial charge in [-0.2, -0.15) is 0 Å². The largest absolute Gasteiger partial charge is 0.497 e. The molecule has 0 bridgehead atoms. The van der Waals surface area contributed by atoms with Crippen LogP contribution in [0, 0.1) is 0 Å². The molecule has 0 aliphatic carbocycles. The third-order valence-electron chi connectivity index (χ3n) is 2.74. The number of ether oxygens (including phenoxy) is 1. The Bertz CT molecular complexity index is 751. The molecule has 7 heteroatoms. The zero-order valence-corrected chi connectivity index (χ0v) is 11.0. The van der Waals surface area contributed by atoms with Crippen LogP contribution < -0.4 is 15.6 Å². The van der Waals surface area contributed by atoms with Crippen LogP contribution in [0.2, 0.25) is 0 Å². The van der Waals surface area contributed by atoms with Crippen molar-refractivity contribution in [3.8, 4) is 5.75 Å². The number of hydrogen-bond donors (Lipinski definition) is 3. The second kappa shape index (κ2) is 5.91. The number of anilines is 1. The first kappa shape index (κ1) is 14.3. The summed E-state index contributed by atoms with van der Waals surface area (Å²) in [5.74, 6) is -1.36. The minimum absolute atomic E-state index is 0.0750. The van der Waals surface area contributed by atoms with Crippen LogP contribution in [0.5, 0.6) is 5.75 Å². The summed E-state index contributed by atoms with van der Waals surface area (Å²) in [7, 11) is 1.43. The Balaban J connectivity index is 2.35. The van der Waals surface area contributed by atoms with Crippen molar-refractivity contribution in [1.29, 1.82) is 0 Å². The van der Waals surface area contributed by atoms with Crippen LogP contribution in [0.4, 0.5) is 5.69 Å². The zero-order chi connectivity index (χ0) is 15.4. The van der Waals surface area contributed by atoms with Crippen molar-refractivity contribution in [1.82, 2.24) is 4.98 Å². The maximum Gasteiger partial charge on any atom is 0.337 e. The van der Waals surface area contributed by atoms with Crippen LogP contribution in [0.25, 0.3) is 0 Å². The Morgan fingerprint density at radius 2 is 2.00 bits per heavy atom. The number of methoxy groups -OCH3 is 1. The number of aromatic nitrogens is 1. The van der Waals surface area contributed by atoms with E-state index >= 15 is 0 Å². The molecule has 2 aromatic rings. The number of carboxylic acids is 1. The van der Waals surface area contributed by atoms with Crippen molar-refractivity contribution in [3.05, 3.63) is 58.0 Å². The van der Waals surface area contributed by atoms with Gasteiger partial charge < -0.3 is 20.1 Å². The predicted octanol–water partition coefficient (Wildman–Crippen LogP) is 1.33. The fraction of sp³-hybridized carbons (Fsp3) is 0.0714. The third-order valence-corrected chi connectivity index (χ3v) is 2.74. The molecule has 0 aliphatic heterocycles. The van der Waals surface area contributed by atoms with Crippen molar-refractivity contribution in [2.24, 2.45) is 0 Å². The van der Waals surface area contributed by atoms with Crippen LogP contribution in [0.15, 0.2) is 41.3 Å². The van der Waals surface area contributed by atoms with E-state index in [1.807, 2.05) is 0 Å². The van der Waals surface area contributed by atoms with E-state index in [9.17, 15) is 14.4 Å². The van der Waals surface area contributed by atoms with Gasteiger partial charge in [0.2, 0.25) is 5.56 Å². The molecule has 108 valence electrons. The lowest BCUT2D eigenvalue weighted by Gasteiger charge is -2.10. The van der Waals surface area contributed by atoms with E-state index in [1.165, 1.54) is 37.6 Å². The summed E-state index contributed by atoms with van der Waals surface area (Å²) in [4.78, 5) is 36.8. The summed E-state index contributed by atoms with van der Waals surface area (Å²) in [6.45, 7) is 0. The van der Waals surface area contributed by atoms with Gasteiger partial charge in [-0.25, -0.2) is 4.79 Å². The van der Waals surface area contributed by atoms with Crippen LogP contribution in [0.3, 0.4) is 0 Å². The van der Waals surface area contributed by atoms with Crippen LogP contribution in [-0.4, -0.2) is 29.1 Å². The predicted molar refractivity (Wildman–Crippen MR) is 75.0 cm³/mol. The fourth-order valence-corrected chi connectivity index (χ4v) is 1.72. The third kappa shape index (κ3) is 3.27. The van der Waals surface area contributed by atoms with Gasteiger partial charge in [0.15, 0.2) is 0 Å². The second-order valence-electron chi connectivity index (χ2n) is 4.11. The first-order valence-corrected chi connectivity index (χ1v) is 5.92. The maximum atomic E-state index is 12.0. The molecule has 21 heavy (non-hydrogen) atoms. The van der Waals surface area contributed by atoms with E-state index in [1.54, 1.807) is 0 Å². The molecule has 0 atom stereocenters. The number of aromatic amines is 1. The van der Waals surface area contributed by atoms with Gasteiger partial charge in [-0.3, -0.25) is 9.59 Å². The molecule has 0 saturated carbocycles. The average molecular weight is 288 g/mol. The van der Waals surface area contributed by atoms with E-state index in [2.05, 4.69) is 10.3 Å². The summed E-state index contributed by atoms with van der Waals surface area (Å²) < 4.78 is 5.00. The molecule has 1 heterocycles. The van der Waals surface area contributed by atoms with Gasteiger partial charge in [-0.1, -0.05) is 0 Å². The van der Waals surface area contributed by atoms with Gasteiger partial charge in [-0.05, 0) is 18.2 Å². The Kier molecular flexibility index (Phi) is 4.03. The summed E-state index contributed by atoms with van der Waals surface area (Å²) in [6, 6.07) is 6.74. The summed E-state index contributed by atoms with van der Waals surface area (Å²) in [5.41, 5.74) is -0.286. The van der Waals surface area contributed by atoms with Crippen molar-refractivity contribution >= 4 is 17.6 Å². The zero-order valence-electron chi connectivity index (χ0n) is 11.0. The van der Waals surface area contributed by atoms with Gasteiger partial charge in [0, 0.05) is 23.9 Å². The molecule has 0 saturated heterocycles. The number of amides is 1. The molecule has 0 radical (unpaired) electrons. The van der Waals surface area contributed by atoms with Crippen molar-refractivity contribution in [3.63, 3.8) is 0 Å². The van der Waals surface area contributed by atoms with E-state index < -0.39 is 17.4 Å². The lowest BCUT2D eigenvalue weighted by atomic mass is 10.1. The minimum atomic E-state index is -1.18. The molecule has 3 N–H and O–H groups in total. The number of carboxylic acid groups (broad SMARTS) is 1. The number of pyridine rings is 1. The Labute approximate surface area is 119 Å². The quantitative estimate of drug-likeness (QED) is 0.786. The standard InChI is InChI=1S/C14H12N2O5/c1-21-9-2-3-10(14(19)20)11(7-9)16-13(18)8-4-5-15-12(17)6-8/h2-7H,1H3,(H,15,17)(H,16,18)(H,19,20). The Morgan fingerprint density at radius 3 is 2.62 bits per heavy atom. The van der Waals surface area contributed by atoms with E-state index in [-0.39, 0.29) is 16.8 Å². The van der Waals surface area contributed by atoms with Crippen molar-refractivity contribution in [2.45, 2.75) is 0 Å². The SMILES string of the molecule is COc1ccc(C(=O)O)c(NC(=O)c2cc[nH]c(=O)c2)c1. The van der Waals surface area contributed by atoms with Crippen molar-refractivity contribution in [2.75, 3.05) is 12.4 Å². The molecule has 1 aromatic heterocycles. The van der Waals surface area contributed by atoms with Gasteiger partial charge in [-0.15, -0.1) is 0 Å². The number of H-pyrrole nitrogens is 1. The molecule has 1 amide bonds. The smallest absolute Gasteiger partial charge is 0.337 e. The van der Waals surface area contributed by atoms with Gasteiger partial charge in [0.1, 0.15) is 5.75 Å². The van der Waals surface area contributed by atoms with Crippen molar-refractivity contribution < 1.29 is 19.4 Å². The summed E-state index contributed by atoms with van der Waals surface area (Å²) >= 11 is 0. The summed E-state index contributed by atoms with van der Waals surface area (Å²) in [6.07, 6.45) is 1.33. The summed E-state index contributed by atoms with van der Waals surface area (Å²) in [5, 5.41) is 11.6. The van der Waals surface area contributed by atoms with E-state index in [0.717, 1.165) is 6.07 Å². The molecule has 0 unspecified atom stereocenters. The van der Waals surface area contributed by atoms with Gasteiger partial charge in [0.25, 0.3) is 5.91 Å². The van der Waals surface area contributed by atoms with E-state index in [0.29, 0.717) is 5.75 Å². The maximum absolute atomic E-state index is 12.0. The molecule has 2 rings (SSSR count). The number of carbonyl (C=O) groups is 2. The van der Waals surface area contributed by atoms with Gasteiger partial charge >= 0.3 is 5.97 Å². The lowest BCUT2D eigenvalue weighted by molar-refractivity contribution is 0.0698. The molecular weight excluding hydrogens is 276 g/mol. The Hall–Kier alpha value is -3.09. The highest BCUT2D eigenvalue weighted by Gasteiger charge is 2.14. The average Bonchev–Trinajstić information content (AvgIpc) is 2.46.